The fourth-order valence-electron chi connectivity index (χ4n) is 3.94. The van der Waals surface area contributed by atoms with Crippen LogP contribution in [-0.4, -0.2) is 71.8 Å². The van der Waals surface area contributed by atoms with E-state index in [1.54, 1.807) is 35.0 Å². The number of carbonyl (C=O) groups is 4. The van der Waals surface area contributed by atoms with Crippen LogP contribution in [0.5, 0.6) is 0 Å². The van der Waals surface area contributed by atoms with E-state index < -0.39 is 24.0 Å². The van der Waals surface area contributed by atoms with Crippen molar-refractivity contribution >= 4 is 23.6 Å². The third-order valence-corrected chi connectivity index (χ3v) is 5.51. The van der Waals surface area contributed by atoms with E-state index in [1.807, 2.05) is 0 Å². The predicted octanol–water partition coefficient (Wildman–Crippen LogP) is -0.119. The lowest BCUT2D eigenvalue weighted by atomic mass is 10.1. The zero-order chi connectivity index (χ0) is 21.1. The van der Waals surface area contributed by atoms with E-state index in [4.69, 9.17) is 16.2 Å². The number of rotatable bonds is 6. The molecule has 3 atom stereocenters. The second-order valence-electron chi connectivity index (χ2n) is 7.55. The molecule has 0 aromatic heterocycles. The Labute approximate surface area is 168 Å². The van der Waals surface area contributed by atoms with Gasteiger partial charge < -0.3 is 26.0 Å². The molecule has 2 fully saturated rings. The van der Waals surface area contributed by atoms with E-state index in [9.17, 15) is 19.2 Å². The summed E-state index contributed by atoms with van der Waals surface area (Å²) in [5, 5.41) is 0. The summed E-state index contributed by atoms with van der Waals surface area (Å²) in [5.74, 6) is -1.56. The molecule has 2 saturated heterocycles. The first-order valence-electron chi connectivity index (χ1n) is 9.68. The predicted molar refractivity (Wildman–Crippen MR) is 104 cm³/mol. The van der Waals surface area contributed by atoms with Gasteiger partial charge in [-0.1, -0.05) is 6.07 Å². The van der Waals surface area contributed by atoms with Crippen molar-refractivity contribution in [2.24, 2.45) is 11.5 Å². The zero-order valence-electron chi connectivity index (χ0n) is 16.4. The molecule has 1 unspecified atom stereocenters. The van der Waals surface area contributed by atoms with E-state index in [0.29, 0.717) is 31.5 Å². The van der Waals surface area contributed by atoms with Crippen LogP contribution in [0.4, 0.5) is 0 Å². The summed E-state index contributed by atoms with van der Waals surface area (Å²) in [5.41, 5.74) is 11.2. The van der Waals surface area contributed by atoms with Gasteiger partial charge in [-0.3, -0.25) is 19.2 Å². The van der Waals surface area contributed by atoms with E-state index in [0.717, 1.165) is 12.8 Å². The van der Waals surface area contributed by atoms with Crippen molar-refractivity contribution < 1.29 is 23.9 Å². The van der Waals surface area contributed by atoms with E-state index >= 15 is 0 Å². The van der Waals surface area contributed by atoms with Gasteiger partial charge in [0, 0.05) is 37.3 Å². The van der Waals surface area contributed by atoms with Crippen LogP contribution in [0.3, 0.4) is 0 Å². The van der Waals surface area contributed by atoms with Gasteiger partial charge in [-0.25, -0.2) is 0 Å². The van der Waals surface area contributed by atoms with Crippen LogP contribution < -0.4 is 11.5 Å². The first kappa shape index (κ1) is 20.8. The molecule has 29 heavy (non-hydrogen) atoms. The van der Waals surface area contributed by atoms with Crippen molar-refractivity contribution in [1.29, 1.82) is 0 Å². The average molecular weight is 402 g/mol. The number of primary amides is 2. The summed E-state index contributed by atoms with van der Waals surface area (Å²) >= 11 is 0. The maximum atomic E-state index is 13.0. The van der Waals surface area contributed by atoms with Gasteiger partial charge in [-0.15, -0.1) is 0 Å². The number of amides is 4. The van der Waals surface area contributed by atoms with Crippen LogP contribution in [0.15, 0.2) is 24.3 Å². The van der Waals surface area contributed by atoms with Gasteiger partial charge in [0.1, 0.15) is 12.2 Å². The van der Waals surface area contributed by atoms with Gasteiger partial charge in [-0.05, 0) is 43.9 Å². The number of benzene rings is 1. The lowest BCUT2D eigenvalue weighted by Gasteiger charge is -2.30. The Morgan fingerprint density at radius 1 is 1.10 bits per heavy atom. The van der Waals surface area contributed by atoms with Crippen molar-refractivity contribution in [3.05, 3.63) is 35.4 Å². The normalized spacial score (nSPS) is 23.8. The third-order valence-electron chi connectivity index (χ3n) is 5.51. The fraction of sp³-hybridized carbons (Fsp3) is 0.500. The Kier molecular flexibility index (Phi) is 6.17. The van der Waals surface area contributed by atoms with Crippen molar-refractivity contribution in [1.82, 2.24) is 9.80 Å². The standard InChI is InChI=1S/C20H26N4O5/c1-23(20(28)16-8-7-15(29-16)18(22)26)11-14-6-3-9-24(14)19(27)13-5-2-4-12(10-13)17(21)25/h2,4-5,10,14-16H,3,6-9,11H2,1H3,(H2,21,25)(H2,22,26)/t14?,15-,16+/m1/s1. The van der Waals surface area contributed by atoms with Crippen LogP contribution in [0, 0.1) is 0 Å². The third kappa shape index (κ3) is 4.56. The number of hydrogen-bond acceptors (Lipinski definition) is 5. The van der Waals surface area contributed by atoms with Crippen molar-refractivity contribution in [3.63, 3.8) is 0 Å². The van der Waals surface area contributed by atoms with Crippen LogP contribution >= 0.6 is 0 Å². The molecule has 2 aliphatic rings. The minimum atomic E-state index is -0.723. The highest BCUT2D eigenvalue weighted by molar-refractivity contribution is 5.99. The SMILES string of the molecule is CN(CC1CCCN1C(=O)c1cccc(C(N)=O)c1)C(=O)[C@@H]1CC[C@H](C(N)=O)O1. The van der Waals surface area contributed by atoms with Crippen molar-refractivity contribution in [2.45, 2.75) is 43.9 Å². The summed E-state index contributed by atoms with van der Waals surface area (Å²) in [6, 6.07) is 6.19. The first-order valence-corrected chi connectivity index (χ1v) is 9.68. The maximum absolute atomic E-state index is 13.0. The van der Waals surface area contributed by atoms with E-state index in [-0.39, 0.29) is 23.4 Å². The van der Waals surface area contributed by atoms with Crippen LogP contribution in [0.25, 0.3) is 0 Å². The molecule has 2 heterocycles. The number of nitrogens with two attached hydrogens (primary N) is 2. The van der Waals surface area contributed by atoms with Crippen molar-refractivity contribution in [2.75, 3.05) is 20.1 Å². The summed E-state index contributed by atoms with van der Waals surface area (Å²) in [6.45, 7) is 0.942. The highest BCUT2D eigenvalue weighted by Crippen LogP contribution is 2.24. The Morgan fingerprint density at radius 2 is 1.79 bits per heavy atom. The molecule has 0 spiro atoms. The van der Waals surface area contributed by atoms with Crippen LogP contribution in [0.2, 0.25) is 0 Å². The summed E-state index contributed by atoms with van der Waals surface area (Å²) in [6.07, 6.45) is 1.08. The van der Waals surface area contributed by atoms with E-state index in [1.165, 1.54) is 6.07 Å². The Hall–Kier alpha value is -2.94. The topological polar surface area (TPSA) is 136 Å². The number of ether oxygens (including phenoxy) is 1. The second kappa shape index (κ2) is 8.60. The number of hydrogen-bond donors (Lipinski definition) is 2. The quantitative estimate of drug-likeness (QED) is 0.684. The number of likely N-dealkylation sites (tertiary alicyclic amines) is 1. The maximum Gasteiger partial charge on any atom is 0.254 e. The highest BCUT2D eigenvalue weighted by atomic mass is 16.5. The Bertz CT molecular complexity index is 827. The smallest absolute Gasteiger partial charge is 0.254 e. The minimum Gasteiger partial charge on any atom is -0.367 e. The van der Waals surface area contributed by atoms with Gasteiger partial charge in [0.05, 0.1) is 0 Å². The zero-order valence-corrected chi connectivity index (χ0v) is 16.4. The second-order valence-corrected chi connectivity index (χ2v) is 7.55. The van der Waals surface area contributed by atoms with Gasteiger partial charge in [0.15, 0.2) is 0 Å². The molecule has 4 amide bonds. The molecule has 156 valence electrons. The van der Waals surface area contributed by atoms with Gasteiger partial charge in [0.2, 0.25) is 11.8 Å². The molecule has 9 heteroatoms. The molecule has 4 N–H and O–H groups in total. The number of likely N-dealkylation sites (N-methyl/N-ethyl adjacent to an activating group) is 1. The van der Waals surface area contributed by atoms with E-state index in [2.05, 4.69) is 0 Å². The lowest BCUT2D eigenvalue weighted by molar-refractivity contribution is -0.145. The molecule has 0 radical (unpaired) electrons. The monoisotopic (exact) mass is 402 g/mol. The molecular formula is C20H26N4O5. The molecule has 0 saturated carbocycles. The molecule has 0 bridgehead atoms. The Morgan fingerprint density at radius 3 is 2.45 bits per heavy atom. The van der Waals surface area contributed by atoms with Crippen LogP contribution in [0.1, 0.15) is 46.4 Å². The summed E-state index contributed by atoms with van der Waals surface area (Å²) < 4.78 is 5.46. The number of nitrogens with zero attached hydrogens (tertiary/aromatic N) is 2. The summed E-state index contributed by atoms with van der Waals surface area (Å²) in [4.78, 5) is 51.5. The lowest BCUT2D eigenvalue weighted by Crippen LogP contribution is -2.46. The van der Waals surface area contributed by atoms with Crippen LogP contribution in [-0.2, 0) is 14.3 Å². The Balaban J connectivity index is 1.64. The van der Waals surface area contributed by atoms with Gasteiger partial charge >= 0.3 is 0 Å². The highest BCUT2D eigenvalue weighted by Gasteiger charge is 2.37. The molecule has 9 nitrogen and oxygen atoms in total. The van der Waals surface area contributed by atoms with Gasteiger partial charge in [-0.2, -0.15) is 0 Å². The minimum absolute atomic E-state index is 0.137. The average Bonchev–Trinajstić information content (AvgIpc) is 3.36. The molecule has 0 aliphatic carbocycles. The van der Waals surface area contributed by atoms with Crippen molar-refractivity contribution in [3.8, 4) is 0 Å². The molecule has 1 aromatic carbocycles. The molecule has 3 rings (SSSR count). The molecule has 2 aliphatic heterocycles. The largest absolute Gasteiger partial charge is 0.367 e. The summed E-state index contributed by atoms with van der Waals surface area (Å²) in [7, 11) is 1.66. The number of carbonyl (C=O) groups excluding carboxylic acids is 4. The van der Waals surface area contributed by atoms with Gasteiger partial charge in [0.25, 0.3) is 11.8 Å². The molecular weight excluding hydrogens is 376 g/mol. The fourth-order valence-corrected chi connectivity index (χ4v) is 3.94. The first-order chi connectivity index (χ1) is 13.8. The molecule has 1 aromatic rings.